The molecule has 0 bridgehead atoms. The molecule has 24 atom stereocenters. The number of ether oxygens (including phenoxy) is 9. The third kappa shape index (κ3) is 8.27. The number of carbonyl (C=O) groups excluding carboxylic acids is 2. The van der Waals surface area contributed by atoms with E-state index in [2.05, 4.69) is 13.8 Å². The molecule has 20 nitrogen and oxygen atoms in total. The van der Waals surface area contributed by atoms with E-state index < -0.39 is 134 Å². The largest absolute Gasteiger partial charge is 0.462 e. The molecular formula is C44H68O20. The highest BCUT2D eigenvalue weighted by Crippen LogP contribution is 2.70. The molecule has 8 aliphatic rings. The lowest BCUT2D eigenvalue weighted by molar-refractivity contribution is -0.367. The molecule has 4 saturated carbocycles. The fraction of sp³-hybridized carbons (Fsp3) is 0.909. The van der Waals surface area contributed by atoms with Crippen molar-refractivity contribution in [1.82, 2.24) is 0 Å². The highest BCUT2D eigenvalue weighted by molar-refractivity contribution is 5.85. The lowest BCUT2D eigenvalue weighted by atomic mass is 9.43. The molecule has 364 valence electrons. The maximum Gasteiger partial charge on any atom is 0.331 e. The summed E-state index contributed by atoms with van der Waals surface area (Å²) in [6, 6.07) is 0. The topological polar surface area (TPSA) is 299 Å². The van der Waals surface area contributed by atoms with E-state index in [1.165, 1.54) is 20.1 Å². The first-order chi connectivity index (χ1) is 30.3. The van der Waals surface area contributed by atoms with E-state index in [0.717, 1.165) is 31.3 Å². The van der Waals surface area contributed by atoms with Gasteiger partial charge in [0.15, 0.2) is 18.9 Å². The van der Waals surface area contributed by atoms with Crippen LogP contribution in [0.1, 0.15) is 79.1 Å². The number of esters is 2. The van der Waals surface area contributed by atoms with Crippen LogP contribution >= 0.6 is 0 Å². The van der Waals surface area contributed by atoms with E-state index >= 15 is 0 Å². The van der Waals surface area contributed by atoms with Gasteiger partial charge < -0.3 is 88.6 Å². The molecule has 3 saturated heterocycles. The number of aliphatic hydroxyl groups excluding tert-OH is 8. The summed E-state index contributed by atoms with van der Waals surface area (Å²) in [6.07, 6.45) is -15.2. The van der Waals surface area contributed by atoms with Gasteiger partial charge in [-0.05, 0) is 80.6 Å². The van der Waals surface area contributed by atoms with Crippen LogP contribution in [0, 0.1) is 34.5 Å². The molecule has 4 heterocycles. The third-order valence-electron chi connectivity index (χ3n) is 16.8. The summed E-state index contributed by atoms with van der Waals surface area (Å²) >= 11 is 0. The van der Waals surface area contributed by atoms with Gasteiger partial charge in [0.1, 0.15) is 79.9 Å². The number of fused-ring (bicyclic) bond motifs is 5. The molecule has 20 heteroatoms. The van der Waals surface area contributed by atoms with Gasteiger partial charge in [0.25, 0.3) is 0 Å². The van der Waals surface area contributed by atoms with Gasteiger partial charge in [0.05, 0.1) is 31.0 Å². The highest BCUT2D eigenvalue weighted by atomic mass is 16.8. The van der Waals surface area contributed by atoms with Crippen LogP contribution in [0.3, 0.4) is 0 Å². The van der Waals surface area contributed by atoms with E-state index in [0.29, 0.717) is 25.7 Å². The van der Waals surface area contributed by atoms with Crippen molar-refractivity contribution in [3.63, 3.8) is 0 Å². The van der Waals surface area contributed by atoms with Gasteiger partial charge in [-0.1, -0.05) is 13.8 Å². The number of cyclic esters (lactones) is 1. The zero-order valence-corrected chi connectivity index (χ0v) is 37.0. The Labute approximate surface area is 371 Å². The second-order valence-corrected chi connectivity index (χ2v) is 20.1. The Balaban J connectivity index is 0.891. The number of hydrogen-bond acceptors (Lipinski definition) is 20. The van der Waals surface area contributed by atoms with Crippen molar-refractivity contribution in [3.05, 3.63) is 11.6 Å². The average Bonchev–Trinajstić information content (AvgIpc) is 3.77. The summed E-state index contributed by atoms with van der Waals surface area (Å²) in [6.45, 7) is 6.34. The quantitative estimate of drug-likeness (QED) is 0.0825. The van der Waals surface area contributed by atoms with Crippen molar-refractivity contribution in [2.45, 2.75) is 189 Å². The Morgan fingerprint density at radius 1 is 0.797 bits per heavy atom. The molecule has 0 spiro atoms. The number of aliphatic hydroxyl groups is 9. The maximum absolute atomic E-state index is 12.9. The Morgan fingerprint density at radius 3 is 2.12 bits per heavy atom. The van der Waals surface area contributed by atoms with Crippen LogP contribution in [0.2, 0.25) is 0 Å². The predicted octanol–water partition coefficient (Wildman–Crippen LogP) is -1.70. The molecule has 4 aliphatic heterocycles. The van der Waals surface area contributed by atoms with Gasteiger partial charge in [0, 0.05) is 37.9 Å². The third-order valence-corrected chi connectivity index (χ3v) is 16.8. The van der Waals surface area contributed by atoms with Crippen molar-refractivity contribution < 1.29 is 98.2 Å². The minimum Gasteiger partial charge on any atom is -0.462 e. The van der Waals surface area contributed by atoms with Crippen molar-refractivity contribution >= 4 is 11.9 Å². The van der Waals surface area contributed by atoms with Crippen molar-refractivity contribution in [2.24, 2.45) is 34.5 Å². The average molecular weight is 917 g/mol. The van der Waals surface area contributed by atoms with Crippen molar-refractivity contribution in [2.75, 3.05) is 26.9 Å². The minimum atomic E-state index is -1.79. The van der Waals surface area contributed by atoms with Crippen molar-refractivity contribution in [1.29, 1.82) is 0 Å². The standard InChI is InChI=1S/C44H68O20/c1-18-37(64-40-35(53)33(51)31(49)27(63-40)17-58-39-34(52)32(50)30(48)26(15-45)62-39)38(56-5)36(54)41(59-18)61-22-8-10-42(3)21(13-22)6-7-24-23(42)9-11-43(4)29(20-12-28(47)57-16-20)25(60-19(2)46)14-44(24,43)55/h12,18,21-27,29-41,45,48-55H,6-11,13-17H2,1-5H3/t18-,21-,22+,23+,24-,25+,26-,27-,29+,30-,31-,32+,33+,34-,35-,36-,37-,38-,39-,40+,41+,42+,43-,44+/m1/s1. The predicted molar refractivity (Wildman–Crippen MR) is 214 cm³/mol. The van der Waals surface area contributed by atoms with Crippen LogP contribution in [0.25, 0.3) is 0 Å². The first-order valence-corrected chi connectivity index (χ1v) is 22.8. The second-order valence-electron chi connectivity index (χ2n) is 20.1. The number of methoxy groups -OCH3 is 1. The molecule has 64 heavy (non-hydrogen) atoms. The van der Waals surface area contributed by atoms with Gasteiger partial charge in [-0.15, -0.1) is 0 Å². The van der Waals surface area contributed by atoms with Gasteiger partial charge in [-0.2, -0.15) is 0 Å². The summed E-state index contributed by atoms with van der Waals surface area (Å²) in [4.78, 5) is 24.5. The molecule has 0 unspecified atom stereocenters. The molecule has 9 N–H and O–H groups in total. The van der Waals surface area contributed by atoms with Gasteiger partial charge >= 0.3 is 11.9 Å². The zero-order valence-electron chi connectivity index (χ0n) is 37.0. The van der Waals surface area contributed by atoms with E-state index in [9.17, 15) is 55.5 Å². The molecule has 0 aromatic carbocycles. The van der Waals surface area contributed by atoms with Crippen LogP contribution < -0.4 is 0 Å². The number of carbonyl (C=O) groups is 2. The van der Waals surface area contributed by atoms with E-state index in [1.807, 2.05) is 0 Å². The number of hydrogen-bond donors (Lipinski definition) is 9. The summed E-state index contributed by atoms with van der Waals surface area (Å²) in [7, 11) is 1.37. The monoisotopic (exact) mass is 916 g/mol. The minimum absolute atomic E-state index is 0.0447. The van der Waals surface area contributed by atoms with Gasteiger partial charge in [-0.25, -0.2) is 4.79 Å². The smallest absolute Gasteiger partial charge is 0.331 e. The summed E-state index contributed by atoms with van der Waals surface area (Å²) < 4.78 is 52.5. The van der Waals surface area contributed by atoms with Crippen LogP contribution in [-0.2, 0) is 52.2 Å². The maximum atomic E-state index is 12.9. The summed E-state index contributed by atoms with van der Waals surface area (Å²) in [5.74, 6) is -0.779. The fourth-order valence-corrected chi connectivity index (χ4v) is 13.3. The zero-order chi connectivity index (χ0) is 46.2. The first-order valence-electron chi connectivity index (χ1n) is 22.8. The summed E-state index contributed by atoms with van der Waals surface area (Å²) in [5, 5.41) is 97.1. The Bertz CT molecular complexity index is 1720. The highest BCUT2D eigenvalue weighted by Gasteiger charge is 2.71. The molecule has 0 aromatic rings. The van der Waals surface area contributed by atoms with Crippen LogP contribution in [0.4, 0.5) is 0 Å². The number of rotatable bonds is 11. The molecule has 8 rings (SSSR count). The van der Waals surface area contributed by atoms with Crippen molar-refractivity contribution in [3.8, 4) is 0 Å². The Kier molecular flexibility index (Phi) is 14.0. The molecule has 0 amide bonds. The Morgan fingerprint density at radius 2 is 1.47 bits per heavy atom. The van der Waals surface area contributed by atoms with E-state index in [-0.39, 0.29) is 41.8 Å². The molecule has 0 aromatic heterocycles. The SMILES string of the molecule is CO[C@@H]1[C@@H](O)[C@H](O[C@H]2CC[C@@]3(C)[C@H](CC[C@@H]4[C@@H]3CC[C@]3(C)[C@@H](C5=CC(=O)OC5)[C@@H](OC(C)=O)C[C@]43O)C2)O[C@H](C)[C@H]1O[C@@H]1O[C@H](CO[C@@H]2O[C@H](CO)[C@@H](O)[C@H](O)[C@H]2O)[C@@H](O)[C@H](O)[C@H]1O. The van der Waals surface area contributed by atoms with Crippen LogP contribution in [0.5, 0.6) is 0 Å². The molecule has 0 radical (unpaired) electrons. The Hall–Kier alpha value is -1.96. The lowest BCUT2D eigenvalue weighted by Gasteiger charge is -2.63. The van der Waals surface area contributed by atoms with Crippen LogP contribution in [0.15, 0.2) is 11.6 Å². The molecule has 7 fully saturated rings. The summed E-state index contributed by atoms with van der Waals surface area (Å²) in [5.41, 5.74) is -1.11. The lowest BCUT2D eigenvalue weighted by Crippen LogP contribution is -2.65. The molecular weight excluding hydrogens is 848 g/mol. The fourth-order valence-electron chi connectivity index (χ4n) is 13.3. The van der Waals surface area contributed by atoms with Gasteiger partial charge in [-0.3, -0.25) is 4.79 Å². The van der Waals surface area contributed by atoms with E-state index in [1.54, 1.807) is 6.92 Å². The van der Waals surface area contributed by atoms with Gasteiger partial charge in [0.2, 0.25) is 0 Å². The molecule has 4 aliphatic carbocycles. The first kappa shape index (κ1) is 48.5. The normalized spacial score (nSPS) is 52.8. The van der Waals surface area contributed by atoms with E-state index in [4.69, 9.17) is 42.6 Å². The van der Waals surface area contributed by atoms with Crippen LogP contribution in [-0.4, -0.2) is 195 Å². The second kappa shape index (κ2) is 18.5.